The zero-order chi connectivity index (χ0) is 27.1. The molecule has 0 saturated carbocycles. The van der Waals surface area contributed by atoms with Gasteiger partial charge in [-0.15, -0.1) is 0 Å². The molecule has 1 N–H and O–H groups in total. The predicted octanol–water partition coefficient (Wildman–Crippen LogP) is 11.7. The Morgan fingerprint density at radius 1 is 0.395 bits per heavy atom. The number of hydrogen-bond donors (Lipinski definition) is 1. The van der Waals surface area contributed by atoms with Crippen LogP contribution in [0.15, 0.2) is 0 Å². The fourth-order valence-corrected chi connectivity index (χ4v) is 5.78. The van der Waals surface area contributed by atoms with E-state index in [4.69, 9.17) is 9.05 Å². The fraction of sp³-hybridized carbons (Fsp3) is 1.00. The molecule has 0 spiro atoms. The van der Waals surface area contributed by atoms with Gasteiger partial charge in [0, 0.05) is 51.4 Å². The summed E-state index contributed by atoms with van der Waals surface area (Å²) in [7, 11) is -3.87. The molecule has 0 atom stereocenters. The van der Waals surface area contributed by atoms with Crippen molar-refractivity contribution in [1.82, 2.24) is 0 Å². The quantitative estimate of drug-likeness (QED) is 0.0484. The Labute approximate surface area is 282 Å². The Kier molecular flexibility index (Phi) is 38.5. The summed E-state index contributed by atoms with van der Waals surface area (Å²) in [5, 5.41) is 0. The van der Waals surface area contributed by atoms with Crippen molar-refractivity contribution in [1.29, 1.82) is 0 Å². The van der Waals surface area contributed by atoms with Crippen LogP contribution in [0.3, 0.4) is 0 Å². The molecule has 225 valence electrons. The second-order valence-corrected chi connectivity index (χ2v) is 12.8. The van der Waals surface area contributed by atoms with Crippen molar-refractivity contribution < 1.29 is 18.5 Å². The minimum absolute atomic E-state index is 0. The molecule has 0 saturated heterocycles. The van der Waals surface area contributed by atoms with Crippen LogP contribution in [0.2, 0.25) is 0 Å². The molecule has 1 radical (unpaired) electrons. The Morgan fingerprint density at radius 3 is 0.789 bits per heavy atom. The zero-order valence-corrected chi connectivity index (χ0v) is 30.3. The predicted molar refractivity (Wildman–Crippen MR) is 168 cm³/mol. The van der Waals surface area contributed by atoms with E-state index >= 15 is 0 Å². The van der Waals surface area contributed by atoms with Gasteiger partial charge in [0.2, 0.25) is 0 Å². The summed E-state index contributed by atoms with van der Waals surface area (Å²) in [6.07, 6.45) is 36.4. The van der Waals surface area contributed by atoms with E-state index in [1.54, 1.807) is 0 Å². The van der Waals surface area contributed by atoms with Crippen LogP contribution < -0.4 is 0 Å². The van der Waals surface area contributed by atoms with Gasteiger partial charge in [-0.2, -0.15) is 0 Å². The maximum absolute atomic E-state index is 12.0. The van der Waals surface area contributed by atoms with Crippen LogP contribution in [-0.4, -0.2) is 69.5 Å². The molecule has 4 nitrogen and oxygen atoms in total. The smallest absolute Gasteiger partial charge is 0.302 e. The van der Waals surface area contributed by atoms with Gasteiger partial charge in [0.05, 0.1) is 13.2 Å². The Hall–Kier alpha value is 1.75. The Morgan fingerprint density at radius 2 is 0.579 bits per heavy atom. The van der Waals surface area contributed by atoms with Gasteiger partial charge < -0.3 is 4.89 Å². The number of unbranched alkanes of at least 4 members (excludes halogenated alkanes) is 26. The maximum atomic E-state index is 12.0. The number of rotatable bonds is 32. The molecule has 0 rings (SSSR count). The normalized spacial score (nSPS) is 11.7. The Bertz CT molecular complexity index is 440. The second kappa shape index (κ2) is 34.9. The standard InChI is InChI=1S/C32H67O4P.K/c1-3-5-7-9-11-13-15-17-19-21-23-25-27-29-31-35-37(33,34)36-32-30-28-26-24-22-20-18-16-14-12-10-8-6-4-2;/h3-32H2,1-2H3,(H,33,34);. The molecule has 6 heteroatoms. The molecule has 0 aromatic heterocycles. The van der Waals surface area contributed by atoms with Gasteiger partial charge >= 0.3 is 7.82 Å². The van der Waals surface area contributed by atoms with Gasteiger partial charge in [-0.1, -0.05) is 181 Å². The summed E-state index contributed by atoms with van der Waals surface area (Å²) in [6, 6.07) is 0. The molecule has 0 unspecified atom stereocenters. The summed E-state index contributed by atoms with van der Waals surface area (Å²) in [6.45, 7) is 5.19. The average Bonchev–Trinajstić information content (AvgIpc) is 2.88. The second-order valence-electron chi connectivity index (χ2n) is 11.3. The van der Waals surface area contributed by atoms with E-state index < -0.39 is 7.82 Å². The van der Waals surface area contributed by atoms with Crippen LogP contribution in [0.25, 0.3) is 0 Å². The number of phosphoric acid groups is 1. The maximum Gasteiger partial charge on any atom is 0.472 e. The van der Waals surface area contributed by atoms with Crippen LogP contribution >= 0.6 is 7.82 Å². The molecule has 0 bridgehead atoms. The van der Waals surface area contributed by atoms with Crippen molar-refractivity contribution >= 4 is 59.2 Å². The first kappa shape index (κ1) is 41.9. The van der Waals surface area contributed by atoms with Gasteiger partial charge in [0.25, 0.3) is 0 Å². The van der Waals surface area contributed by atoms with Gasteiger partial charge in [-0.25, -0.2) is 4.57 Å². The first-order valence-corrected chi connectivity index (χ1v) is 18.2. The van der Waals surface area contributed by atoms with E-state index in [-0.39, 0.29) is 51.4 Å². The van der Waals surface area contributed by atoms with Crippen molar-refractivity contribution in [3.8, 4) is 0 Å². The summed E-state index contributed by atoms with van der Waals surface area (Å²) in [5.74, 6) is 0. The van der Waals surface area contributed by atoms with Gasteiger partial charge in [-0.3, -0.25) is 9.05 Å². The molecule has 0 heterocycles. The summed E-state index contributed by atoms with van der Waals surface area (Å²) >= 11 is 0. The topological polar surface area (TPSA) is 55.8 Å². The molecular weight excluding hydrogens is 518 g/mol. The van der Waals surface area contributed by atoms with Gasteiger partial charge in [-0.05, 0) is 12.8 Å². The van der Waals surface area contributed by atoms with Crippen molar-refractivity contribution in [2.24, 2.45) is 0 Å². The van der Waals surface area contributed by atoms with E-state index in [1.807, 2.05) is 0 Å². The summed E-state index contributed by atoms with van der Waals surface area (Å²) < 4.78 is 22.3. The average molecular weight is 586 g/mol. The molecule has 0 aliphatic rings. The van der Waals surface area contributed by atoms with E-state index in [0.717, 1.165) is 25.7 Å². The minimum Gasteiger partial charge on any atom is -0.302 e. The monoisotopic (exact) mass is 585 g/mol. The molecular formula is C32H67KO4P. The zero-order valence-electron chi connectivity index (χ0n) is 26.3. The molecule has 0 aliphatic heterocycles. The van der Waals surface area contributed by atoms with Gasteiger partial charge in [0.15, 0.2) is 0 Å². The molecule has 0 aliphatic carbocycles. The van der Waals surface area contributed by atoms with Crippen molar-refractivity contribution in [3.63, 3.8) is 0 Å². The van der Waals surface area contributed by atoms with E-state index in [1.165, 1.54) is 154 Å². The first-order chi connectivity index (χ1) is 18.1. The van der Waals surface area contributed by atoms with Crippen LogP contribution in [0.1, 0.15) is 194 Å². The van der Waals surface area contributed by atoms with E-state index in [9.17, 15) is 9.46 Å². The molecule has 38 heavy (non-hydrogen) atoms. The molecule has 0 amide bonds. The van der Waals surface area contributed by atoms with Gasteiger partial charge in [0.1, 0.15) is 0 Å². The third-order valence-corrected chi connectivity index (χ3v) is 8.52. The Balaban J connectivity index is 0. The minimum atomic E-state index is -3.87. The third-order valence-electron chi connectivity index (χ3n) is 7.50. The van der Waals surface area contributed by atoms with Crippen LogP contribution in [-0.2, 0) is 13.6 Å². The van der Waals surface area contributed by atoms with E-state index in [2.05, 4.69) is 13.8 Å². The molecule has 0 fully saturated rings. The van der Waals surface area contributed by atoms with E-state index in [0.29, 0.717) is 13.2 Å². The number of phosphoric ester groups is 1. The van der Waals surface area contributed by atoms with Crippen LogP contribution in [0.5, 0.6) is 0 Å². The SMILES string of the molecule is CCCCCCCCCCCCCCCCOP(=O)(O)OCCCCCCCCCCCCCCCC.[K]. The van der Waals surface area contributed by atoms with Crippen molar-refractivity contribution in [3.05, 3.63) is 0 Å². The van der Waals surface area contributed by atoms with Crippen molar-refractivity contribution in [2.45, 2.75) is 194 Å². The largest absolute Gasteiger partial charge is 0.472 e. The summed E-state index contributed by atoms with van der Waals surface area (Å²) in [5.41, 5.74) is 0. The third kappa shape index (κ3) is 35.8. The fourth-order valence-electron chi connectivity index (χ4n) is 4.99. The summed E-state index contributed by atoms with van der Waals surface area (Å²) in [4.78, 5) is 9.83. The van der Waals surface area contributed by atoms with Crippen LogP contribution in [0, 0.1) is 0 Å². The number of hydrogen-bond acceptors (Lipinski definition) is 3. The molecule has 0 aromatic rings. The van der Waals surface area contributed by atoms with Crippen molar-refractivity contribution in [2.75, 3.05) is 13.2 Å². The van der Waals surface area contributed by atoms with Crippen LogP contribution in [0.4, 0.5) is 0 Å². The first-order valence-electron chi connectivity index (χ1n) is 16.7. The molecule has 0 aromatic carbocycles.